The van der Waals surface area contributed by atoms with Crippen molar-refractivity contribution in [1.82, 2.24) is 9.78 Å². The molecule has 2 aromatic rings. The van der Waals surface area contributed by atoms with Gasteiger partial charge in [-0.25, -0.2) is 4.79 Å². The molecular weight excluding hydrogens is 336 g/mol. The molecule has 0 saturated carbocycles. The first-order valence-corrected chi connectivity index (χ1v) is 7.31. The van der Waals surface area contributed by atoms with E-state index in [4.69, 9.17) is 4.74 Å². The van der Waals surface area contributed by atoms with Crippen LogP contribution in [-0.2, 0) is 11.3 Å². The number of benzene rings is 1. The predicted molar refractivity (Wildman–Crippen MR) is 81.4 cm³/mol. The summed E-state index contributed by atoms with van der Waals surface area (Å²) in [6, 6.07) is 8.67. The van der Waals surface area contributed by atoms with E-state index in [1.165, 1.54) is 4.68 Å². The molecule has 0 spiro atoms. The first kappa shape index (κ1) is 15.4. The number of hydrogen-bond donors (Lipinski definition) is 0. The molecule has 0 aliphatic rings. The smallest absolute Gasteiger partial charge is 0.356 e. The van der Waals surface area contributed by atoms with E-state index in [0.717, 1.165) is 4.47 Å². The number of rotatable bonds is 5. The van der Waals surface area contributed by atoms with Gasteiger partial charge in [-0.1, -0.05) is 28.1 Å². The highest BCUT2D eigenvalue weighted by Crippen LogP contribution is 2.13. The molecule has 0 aliphatic carbocycles. The number of carbonyl (C=O) groups is 2. The minimum absolute atomic E-state index is 0.00359. The van der Waals surface area contributed by atoms with Gasteiger partial charge in [0.15, 0.2) is 5.78 Å². The van der Waals surface area contributed by atoms with E-state index in [2.05, 4.69) is 21.0 Å². The third-order valence-electron chi connectivity index (χ3n) is 2.85. The molecule has 0 N–H and O–H groups in total. The van der Waals surface area contributed by atoms with Gasteiger partial charge in [0.05, 0.1) is 12.3 Å². The fraction of sp³-hybridized carbons (Fsp3) is 0.267. The van der Waals surface area contributed by atoms with Crippen LogP contribution in [0, 0.1) is 6.92 Å². The Morgan fingerprint density at radius 3 is 2.57 bits per heavy atom. The van der Waals surface area contributed by atoms with Crippen LogP contribution >= 0.6 is 15.9 Å². The van der Waals surface area contributed by atoms with E-state index in [1.54, 1.807) is 44.2 Å². The number of hydrogen-bond acceptors (Lipinski definition) is 4. The Morgan fingerprint density at radius 1 is 1.29 bits per heavy atom. The number of nitrogens with zero attached hydrogens (tertiary/aromatic N) is 2. The molecule has 0 bridgehead atoms. The van der Waals surface area contributed by atoms with Crippen molar-refractivity contribution in [2.24, 2.45) is 0 Å². The highest BCUT2D eigenvalue weighted by atomic mass is 79.9. The maximum Gasteiger partial charge on any atom is 0.356 e. The molecule has 0 aliphatic heterocycles. The van der Waals surface area contributed by atoms with Crippen molar-refractivity contribution < 1.29 is 14.3 Å². The number of aromatic nitrogens is 2. The Morgan fingerprint density at radius 2 is 1.95 bits per heavy atom. The number of carbonyl (C=O) groups excluding carboxylic acids is 2. The molecule has 0 radical (unpaired) electrons. The van der Waals surface area contributed by atoms with E-state index in [0.29, 0.717) is 17.0 Å². The molecule has 21 heavy (non-hydrogen) atoms. The van der Waals surface area contributed by atoms with Gasteiger partial charge < -0.3 is 4.74 Å². The van der Waals surface area contributed by atoms with Gasteiger partial charge >= 0.3 is 5.97 Å². The zero-order chi connectivity index (χ0) is 15.4. The summed E-state index contributed by atoms with van der Waals surface area (Å²) in [5, 5.41) is 4.18. The molecule has 0 saturated heterocycles. The zero-order valence-corrected chi connectivity index (χ0v) is 13.4. The first-order chi connectivity index (χ1) is 10.0. The van der Waals surface area contributed by atoms with Crippen LogP contribution in [0.4, 0.5) is 0 Å². The van der Waals surface area contributed by atoms with Crippen LogP contribution in [0.25, 0.3) is 0 Å². The van der Waals surface area contributed by atoms with Gasteiger partial charge in [-0.15, -0.1) is 0 Å². The highest BCUT2D eigenvalue weighted by Gasteiger charge is 2.17. The summed E-state index contributed by atoms with van der Waals surface area (Å²) in [5.41, 5.74) is 1.53. The van der Waals surface area contributed by atoms with Crippen LogP contribution in [0.2, 0.25) is 0 Å². The Kier molecular flexibility index (Phi) is 4.90. The lowest BCUT2D eigenvalue weighted by atomic mass is 10.1. The average molecular weight is 351 g/mol. The van der Waals surface area contributed by atoms with Crippen molar-refractivity contribution in [3.63, 3.8) is 0 Å². The number of ketones is 1. The lowest BCUT2D eigenvalue weighted by Gasteiger charge is -2.06. The minimum Gasteiger partial charge on any atom is -0.461 e. The third kappa shape index (κ3) is 3.78. The predicted octanol–water partition coefficient (Wildman–Crippen LogP) is 3.01. The van der Waals surface area contributed by atoms with Crippen LogP contribution in [-0.4, -0.2) is 28.1 Å². The van der Waals surface area contributed by atoms with Crippen LogP contribution in [0.15, 0.2) is 34.8 Å². The molecular formula is C15H15BrN2O3. The van der Waals surface area contributed by atoms with E-state index in [9.17, 15) is 9.59 Å². The second-order valence-corrected chi connectivity index (χ2v) is 5.39. The molecule has 110 valence electrons. The Bertz CT molecular complexity index is 662. The fourth-order valence-electron chi connectivity index (χ4n) is 1.90. The van der Waals surface area contributed by atoms with Gasteiger partial charge in [-0.3, -0.25) is 9.48 Å². The molecule has 5 nitrogen and oxygen atoms in total. The number of esters is 1. The number of aryl methyl sites for hydroxylation is 1. The topological polar surface area (TPSA) is 61.2 Å². The van der Waals surface area contributed by atoms with Crippen LogP contribution in [0.1, 0.15) is 33.5 Å². The molecule has 1 aromatic heterocycles. The van der Waals surface area contributed by atoms with E-state index >= 15 is 0 Å². The van der Waals surface area contributed by atoms with Crippen molar-refractivity contribution in [3.05, 3.63) is 51.8 Å². The molecule has 6 heteroatoms. The van der Waals surface area contributed by atoms with Crippen molar-refractivity contribution in [3.8, 4) is 0 Å². The largest absolute Gasteiger partial charge is 0.461 e. The standard InChI is InChI=1S/C15H15BrN2O3/c1-3-21-15(20)13-8-10(2)17-18(13)9-14(19)11-4-6-12(16)7-5-11/h4-8H,3,9H2,1-2H3. The summed E-state index contributed by atoms with van der Waals surface area (Å²) < 4.78 is 7.26. The average Bonchev–Trinajstić information content (AvgIpc) is 2.80. The van der Waals surface area contributed by atoms with Crippen molar-refractivity contribution in [2.75, 3.05) is 6.61 Å². The number of ether oxygens (including phenoxy) is 1. The van der Waals surface area contributed by atoms with Gasteiger partial charge in [-0.05, 0) is 32.0 Å². The van der Waals surface area contributed by atoms with Crippen LogP contribution in [0.5, 0.6) is 0 Å². The first-order valence-electron chi connectivity index (χ1n) is 6.51. The molecule has 1 aromatic carbocycles. The highest BCUT2D eigenvalue weighted by molar-refractivity contribution is 9.10. The second-order valence-electron chi connectivity index (χ2n) is 4.48. The molecule has 0 atom stereocenters. The summed E-state index contributed by atoms with van der Waals surface area (Å²) in [7, 11) is 0. The molecule has 1 heterocycles. The van der Waals surface area contributed by atoms with Gasteiger partial charge in [0, 0.05) is 10.0 Å². The van der Waals surface area contributed by atoms with E-state index in [1.807, 2.05) is 0 Å². The summed E-state index contributed by atoms with van der Waals surface area (Å²) in [5.74, 6) is -0.585. The zero-order valence-electron chi connectivity index (χ0n) is 11.8. The Labute approximate surface area is 131 Å². The number of halogens is 1. The Balaban J connectivity index is 2.21. The summed E-state index contributed by atoms with van der Waals surface area (Å²) in [4.78, 5) is 24.1. The SMILES string of the molecule is CCOC(=O)c1cc(C)nn1CC(=O)c1ccc(Br)cc1. The number of Topliss-reactive ketones (excluding diaryl/α,β-unsaturated/α-hetero) is 1. The summed E-state index contributed by atoms with van der Waals surface area (Å²) >= 11 is 3.32. The maximum absolute atomic E-state index is 12.2. The lowest BCUT2D eigenvalue weighted by molar-refractivity contribution is 0.0512. The Hall–Kier alpha value is -1.95. The van der Waals surface area contributed by atoms with Gasteiger partial charge in [0.1, 0.15) is 12.2 Å². The molecule has 0 amide bonds. The van der Waals surface area contributed by atoms with E-state index < -0.39 is 5.97 Å². The van der Waals surface area contributed by atoms with Crippen LogP contribution < -0.4 is 0 Å². The van der Waals surface area contributed by atoms with E-state index in [-0.39, 0.29) is 18.9 Å². The third-order valence-corrected chi connectivity index (χ3v) is 3.37. The molecule has 0 unspecified atom stereocenters. The van der Waals surface area contributed by atoms with Crippen molar-refractivity contribution in [1.29, 1.82) is 0 Å². The monoisotopic (exact) mass is 350 g/mol. The van der Waals surface area contributed by atoms with Crippen LogP contribution in [0.3, 0.4) is 0 Å². The minimum atomic E-state index is -0.471. The normalized spacial score (nSPS) is 10.4. The summed E-state index contributed by atoms with van der Waals surface area (Å²) in [6.07, 6.45) is 0. The van der Waals surface area contributed by atoms with Gasteiger partial charge in [0.25, 0.3) is 0 Å². The van der Waals surface area contributed by atoms with Gasteiger partial charge in [-0.2, -0.15) is 5.10 Å². The second kappa shape index (κ2) is 6.67. The molecule has 0 fully saturated rings. The van der Waals surface area contributed by atoms with Gasteiger partial charge in [0.2, 0.25) is 0 Å². The quantitative estimate of drug-likeness (QED) is 0.614. The lowest BCUT2D eigenvalue weighted by Crippen LogP contribution is -2.18. The fourth-order valence-corrected chi connectivity index (χ4v) is 2.16. The van der Waals surface area contributed by atoms with Crippen molar-refractivity contribution in [2.45, 2.75) is 20.4 Å². The summed E-state index contributed by atoms with van der Waals surface area (Å²) in [6.45, 7) is 3.79. The van der Waals surface area contributed by atoms with Crippen molar-refractivity contribution >= 4 is 27.7 Å². The maximum atomic E-state index is 12.2. The molecule has 2 rings (SSSR count).